The van der Waals surface area contributed by atoms with E-state index in [1.165, 1.54) is 12.8 Å². The molecule has 33 heavy (non-hydrogen) atoms. The van der Waals surface area contributed by atoms with Crippen molar-refractivity contribution in [3.8, 4) is 0 Å². The standard InChI is InChI=1S/C25H32ClN5OS/c1-29-13-11-22(12-14-29)30-15-17-31(18-16-30)24(32)23(19-5-3-2-4-6-19)28-25(33)27-21-9-7-20(26)8-10-21/h2-10,22-23H,11-18H2,1H3,(H2,27,28,33)/t23-/m0/s1. The van der Waals surface area contributed by atoms with Gasteiger partial charge in [0, 0.05) is 42.9 Å². The highest BCUT2D eigenvalue weighted by atomic mass is 35.5. The lowest BCUT2D eigenvalue weighted by Crippen LogP contribution is -2.55. The third-order valence-corrected chi connectivity index (χ3v) is 7.06. The molecule has 1 amide bonds. The molecule has 2 fully saturated rings. The minimum absolute atomic E-state index is 0.0597. The second-order valence-corrected chi connectivity index (χ2v) is 9.69. The van der Waals surface area contributed by atoms with Crippen LogP contribution >= 0.6 is 23.8 Å². The van der Waals surface area contributed by atoms with Gasteiger partial charge < -0.3 is 20.4 Å². The molecular formula is C25H32ClN5OS. The molecule has 0 unspecified atom stereocenters. The lowest BCUT2D eigenvalue weighted by atomic mass is 10.0. The second-order valence-electron chi connectivity index (χ2n) is 8.84. The van der Waals surface area contributed by atoms with Crippen molar-refractivity contribution in [2.45, 2.75) is 24.9 Å². The number of carbonyl (C=O) groups is 1. The molecule has 2 heterocycles. The third kappa shape index (κ3) is 6.44. The van der Waals surface area contributed by atoms with Crippen LogP contribution in [0.25, 0.3) is 0 Å². The number of carbonyl (C=O) groups excluding carboxylic acids is 1. The first-order chi connectivity index (χ1) is 16.0. The average molecular weight is 486 g/mol. The first-order valence-electron chi connectivity index (χ1n) is 11.6. The number of hydrogen-bond acceptors (Lipinski definition) is 4. The van der Waals surface area contributed by atoms with Crippen LogP contribution in [0.3, 0.4) is 0 Å². The molecule has 0 radical (unpaired) electrons. The second kappa shape index (κ2) is 11.3. The van der Waals surface area contributed by atoms with Crippen LogP contribution in [0.5, 0.6) is 0 Å². The summed E-state index contributed by atoms with van der Waals surface area (Å²) in [6.45, 7) is 5.65. The lowest BCUT2D eigenvalue weighted by molar-refractivity contribution is -0.135. The van der Waals surface area contributed by atoms with Gasteiger partial charge in [0.15, 0.2) is 5.11 Å². The molecule has 1 atom stereocenters. The quantitative estimate of drug-likeness (QED) is 0.631. The van der Waals surface area contributed by atoms with Crippen LogP contribution in [-0.4, -0.2) is 78.1 Å². The van der Waals surface area contributed by atoms with E-state index < -0.39 is 6.04 Å². The van der Waals surface area contributed by atoms with Crippen LogP contribution in [0.1, 0.15) is 24.4 Å². The van der Waals surface area contributed by atoms with Gasteiger partial charge in [-0.15, -0.1) is 0 Å². The lowest BCUT2D eigenvalue weighted by Gasteiger charge is -2.42. The van der Waals surface area contributed by atoms with Gasteiger partial charge in [0.1, 0.15) is 6.04 Å². The highest BCUT2D eigenvalue weighted by molar-refractivity contribution is 7.80. The Balaban J connectivity index is 1.39. The van der Waals surface area contributed by atoms with E-state index in [2.05, 4.69) is 27.5 Å². The van der Waals surface area contributed by atoms with Crippen molar-refractivity contribution in [1.82, 2.24) is 20.0 Å². The van der Waals surface area contributed by atoms with E-state index in [-0.39, 0.29) is 5.91 Å². The normalized spacial score (nSPS) is 19.2. The zero-order valence-electron chi connectivity index (χ0n) is 19.0. The van der Waals surface area contributed by atoms with E-state index in [4.69, 9.17) is 23.8 Å². The van der Waals surface area contributed by atoms with Crippen molar-refractivity contribution in [1.29, 1.82) is 0 Å². The van der Waals surface area contributed by atoms with Crippen molar-refractivity contribution >= 4 is 40.5 Å². The van der Waals surface area contributed by atoms with Crippen LogP contribution in [0.2, 0.25) is 5.02 Å². The van der Waals surface area contributed by atoms with Crippen molar-refractivity contribution in [2.75, 3.05) is 51.6 Å². The summed E-state index contributed by atoms with van der Waals surface area (Å²) in [6.07, 6.45) is 2.42. The Bertz CT molecular complexity index is 926. The zero-order chi connectivity index (χ0) is 23.2. The van der Waals surface area contributed by atoms with Gasteiger partial charge in [-0.25, -0.2) is 0 Å². The highest BCUT2D eigenvalue weighted by Crippen LogP contribution is 2.21. The van der Waals surface area contributed by atoms with Crippen molar-refractivity contribution in [2.24, 2.45) is 0 Å². The number of benzene rings is 2. The van der Waals surface area contributed by atoms with Gasteiger partial charge >= 0.3 is 0 Å². The van der Waals surface area contributed by atoms with Crippen LogP contribution in [0.4, 0.5) is 5.69 Å². The highest BCUT2D eigenvalue weighted by Gasteiger charge is 2.32. The van der Waals surface area contributed by atoms with E-state index in [0.29, 0.717) is 16.2 Å². The number of rotatable bonds is 5. The van der Waals surface area contributed by atoms with Crippen LogP contribution in [0.15, 0.2) is 54.6 Å². The molecule has 8 heteroatoms. The molecule has 6 nitrogen and oxygen atoms in total. The topological polar surface area (TPSA) is 50.9 Å². The summed E-state index contributed by atoms with van der Waals surface area (Å²) < 4.78 is 0. The number of likely N-dealkylation sites (tertiary alicyclic amines) is 1. The number of hydrogen-bond donors (Lipinski definition) is 2. The third-order valence-electron chi connectivity index (χ3n) is 6.59. The molecule has 176 valence electrons. The first kappa shape index (κ1) is 24.0. The molecular weight excluding hydrogens is 454 g/mol. The molecule has 0 bridgehead atoms. The Labute approximate surface area is 206 Å². The Morgan fingerprint density at radius 2 is 1.61 bits per heavy atom. The van der Waals surface area contributed by atoms with Crippen molar-refractivity contribution in [3.05, 3.63) is 65.2 Å². The van der Waals surface area contributed by atoms with Gasteiger partial charge in [-0.1, -0.05) is 41.9 Å². The van der Waals surface area contributed by atoms with E-state index >= 15 is 0 Å². The van der Waals surface area contributed by atoms with E-state index in [1.807, 2.05) is 47.4 Å². The molecule has 2 aliphatic rings. The predicted octanol–water partition coefficient (Wildman–Crippen LogP) is 3.61. The molecule has 0 spiro atoms. The number of nitrogens with one attached hydrogen (secondary N) is 2. The molecule has 2 aromatic carbocycles. The molecule has 0 saturated carbocycles. The summed E-state index contributed by atoms with van der Waals surface area (Å²) in [5.41, 5.74) is 1.73. The first-order valence-corrected chi connectivity index (χ1v) is 12.4. The summed E-state index contributed by atoms with van der Waals surface area (Å²) in [7, 11) is 2.19. The van der Waals surface area contributed by atoms with Gasteiger partial charge in [-0.2, -0.15) is 0 Å². The van der Waals surface area contributed by atoms with Crippen LogP contribution in [0, 0.1) is 0 Å². The van der Waals surface area contributed by atoms with Crippen LogP contribution in [-0.2, 0) is 4.79 Å². The predicted molar refractivity (Wildman–Crippen MR) is 139 cm³/mol. The zero-order valence-corrected chi connectivity index (χ0v) is 20.6. The molecule has 0 aromatic heterocycles. The largest absolute Gasteiger partial charge is 0.347 e. The maximum Gasteiger partial charge on any atom is 0.249 e. The smallest absolute Gasteiger partial charge is 0.249 e. The molecule has 2 aliphatic heterocycles. The Morgan fingerprint density at radius 3 is 2.24 bits per heavy atom. The van der Waals surface area contributed by atoms with Gasteiger partial charge in [-0.05, 0) is 75.0 Å². The van der Waals surface area contributed by atoms with Gasteiger partial charge in [0.25, 0.3) is 0 Å². The molecule has 2 saturated heterocycles. The van der Waals surface area contributed by atoms with Crippen molar-refractivity contribution in [3.63, 3.8) is 0 Å². The number of amides is 1. The number of nitrogens with zero attached hydrogens (tertiary/aromatic N) is 3. The Kier molecular flexibility index (Phi) is 8.20. The number of anilines is 1. The summed E-state index contributed by atoms with van der Waals surface area (Å²) in [6, 6.07) is 17.2. The maximum atomic E-state index is 13.6. The fraction of sp³-hybridized carbons (Fsp3) is 0.440. The number of piperazine rings is 1. The van der Waals surface area contributed by atoms with Gasteiger partial charge in [0.05, 0.1) is 0 Å². The Hall–Kier alpha value is -2.19. The van der Waals surface area contributed by atoms with Gasteiger partial charge in [0.2, 0.25) is 5.91 Å². The van der Waals surface area contributed by atoms with Crippen molar-refractivity contribution < 1.29 is 4.79 Å². The summed E-state index contributed by atoms with van der Waals surface area (Å²) in [5, 5.41) is 7.48. The molecule has 4 rings (SSSR count). The minimum Gasteiger partial charge on any atom is -0.347 e. The maximum absolute atomic E-state index is 13.6. The summed E-state index contributed by atoms with van der Waals surface area (Å²) >= 11 is 11.5. The molecule has 2 aromatic rings. The Morgan fingerprint density at radius 1 is 0.970 bits per heavy atom. The number of halogens is 1. The fourth-order valence-electron chi connectivity index (χ4n) is 4.61. The van der Waals surface area contributed by atoms with E-state index in [0.717, 1.165) is 50.5 Å². The van der Waals surface area contributed by atoms with E-state index in [9.17, 15) is 4.79 Å². The minimum atomic E-state index is -0.534. The SMILES string of the molecule is CN1CCC(N2CCN(C(=O)[C@@H](NC(=S)Nc3ccc(Cl)cc3)c3ccccc3)CC2)CC1. The summed E-state index contributed by atoms with van der Waals surface area (Å²) in [5.74, 6) is 0.0597. The average Bonchev–Trinajstić information content (AvgIpc) is 2.85. The van der Waals surface area contributed by atoms with Crippen LogP contribution < -0.4 is 10.6 Å². The monoisotopic (exact) mass is 485 g/mol. The number of thiocarbonyl (C=S) groups is 1. The molecule has 0 aliphatic carbocycles. The van der Waals surface area contributed by atoms with Gasteiger partial charge in [-0.3, -0.25) is 9.69 Å². The number of piperidine rings is 1. The van der Waals surface area contributed by atoms with E-state index in [1.54, 1.807) is 12.1 Å². The molecule has 2 N–H and O–H groups in total. The fourth-order valence-corrected chi connectivity index (χ4v) is 4.98. The summed E-state index contributed by atoms with van der Waals surface area (Å²) in [4.78, 5) is 20.5.